The Morgan fingerprint density at radius 2 is 2.25 bits per heavy atom. The van der Waals surface area contributed by atoms with E-state index >= 15 is 0 Å². The Kier molecular flexibility index (Phi) is 3.38. The maximum absolute atomic E-state index is 9.41. The molecular weight excluding hydrogens is 174 g/mol. The molecule has 1 rings (SSSR count). The maximum Gasteiger partial charge on any atom is 0.120 e. The molecule has 0 aliphatic heterocycles. The Hall–Kier alpha value is -0.730. The molecule has 0 aliphatic rings. The van der Waals surface area contributed by atoms with Gasteiger partial charge in [0.2, 0.25) is 0 Å². The summed E-state index contributed by atoms with van der Waals surface area (Å²) in [5.74, 6) is 0.276. The zero-order chi connectivity index (χ0) is 8.97. The van der Waals surface area contributed by atoms with Crippen LogP contribution in [0.2, 0.25) is 5.02 Å². The molecule has 0 spiro atoms. The highest BCUT2D eigenvalue weighted by Gasteiger charge is 2.03. The monoisotopic (exact) mass is 185 g/mol. The largest absolute Gasteiger partial charge is 0.508 e. The van der Waals surface area contributed by atoms with Gasteiger partial charge in [0.15, 0.2) is 0 Å². The van der Waals surface area contributed by atoms with E-state index in [0.717, 1.165) is 18.5 Å². The highest BCUT2D eigenvalue weighted by Crippen LogP contribution is 2.25. The lowest BCUT2D eigenvalue weighted by Gasteiger charge is -2.05. The van der Waals surface area contributed by atoms with Gasteiger partial charge in [0.1, 0.15) is 5.75 Å². The normalized spacial score (nSPS) is 10.2. The van der Waals surface area contributed by atoms with Gasteiger partial charge >= 0.3 is 0 Å². The second kappa shape index (κ2) is 4.33. The van der Waals surface area contributed by atoms with Crippen molar-refractivity contribution in [2.45, 2.75) is 6.42 Å². The minimum atomic E-state index is 0.276. The molecule has 0 radical (unpaired) electrons. The fourth-order valence-electron chi connectivity index (χ4n) is 1.04. The third-order valence-corrected chi connectivity index (χ3v) is 2.07. The average Bonchev–Trinajstić information content (AvgIpc) is 2.04. The van der Waals surface area contributed by atoms with E-state index in [1.165, 1.54) is 0 Å². The summed E-state index contributed by atoms with van der Waals surface area (Å²) in [6, 6.07) is 5.17. The molecule has 1 aromatic rings. The number of hydrogen-bond donors (Lipinski definition) is 2. The fraction of sp³-hybridized carbons (Fsp3) is 0.333. The van der Waals surface area contributed by atoms with Crippen molar-refractivity contribution < 1.29 is 5.11 Å². The van der Waals surface area contributed by atoms with Gasteiger partial charge in [-0.25, -0.2) is 0 Å². The van der Waals surface area contributed by atoms with Crippen LogP contribution in [0.4, 0.5) is 0 Å². The third-order valence-electron chi connectivity index (χ3n) is 1.72. The topological polar surface area (TPSA) is 32.3 Å². The van der Waals surface area contributed by atoms with Crippen LogP contribution in [0, 0.1) is 0 Å². The van der Waals surface area contributed by atoms with Gasteiger partial charge in [-0.15, -0.1) is 0 Å². The summed E-state index contributed by atoms with van der Waals surface area (Å²) < 4.78 is 0. The van der Waals surface area contributed by atoms with Gasteiger partial charge in [-0.3, -0.25) is 0 Å². The van der Waals surface area contributed by atoms with Crippen molar-refractivity contribution in [3.8, 4) is 5.75 Å². The van der Waals surface area contributed by atoms with Crippen molar-refractivity contribution in [2.75, 3.05) is 13.6 Å². The Morgan fingerprint density at radius 1 is 1.50 bits per heavy atom. The Morgan fingerprint density at radius 3 is 2.83 bits per heavy atom. The molecule has 3 heteroatoms. The summed E-state index contributed by atoms with van der Waals surface area (Å²) in [7, 11) is 1.87. The van der Waals surface area contributed by atoms with E-state index in [1.807, 2.05) is 7.05 Å². The van der Waals surface area contributed by atoms with Gasteiger partial charge in [-0.1, -0.05) is 17.7 Å². The average molecular weight is 186 g/mol. The number of rotatable bonds is 3. The van der Waals surface area contributed by atoms with Crippen LogP contribution < -0.4 is 5.32 Å². The summed E-state index contributed by atoms with van der Waals surface area (Å²) >= 11 is 5.88. The number of aromatic hydroxyl groups is 1. The standard InChI is InChI=1S/C9H12ClNO/c1-11-6-5-7-8(10)3-2-4-9(7)12/h2-4,11-12H,5-6H2,1H3. The first-order valence-corrected chi connectivity index (χ1v) is 4.24. The molecular formula is C9H12ClNO. The summed E-state index contributed by atoms with van der Waals surface area (Å²) in [4.78, 5) is 0. The summed E-state index contributed by atoms with van der Waals surface area (Å²) in [5, 5.41) is 13.0. The molecule has 1 aromatic carbocycles. The Labute approximate surface area is 77.2 Å². The molecule has 0 atom stereocenters. The van der Waals surface area contributed by atoms with E-state index in [9.17, 15) is 5.11 Å². The van der Waals surface area contributed by atoms with Crippen LogP contribution >= 0.6 is 11.6 Å². The number of halogens is 1. The number of likely N-dealkylation sites (N-methyl/N-ethyl adjacent to an activating group) is 1. The van der Waals surface area contributed by atoms with Crippen molar-refractivity contribution >= 4 is 11.6 Å². The number of phenols is 1. The van der Waals surface area contributed by atoms with Crippen LogP contribution in [-0.2, 0) is 6.42 Å². The minimum Gasteiger partial charge on any atom is -0.508 e. The zero-order valence-electron chi connectivity index (χ0n) is 6.97. The SMILES string of the molecule is CNCCc1c(O)cccc1Cl. The first-order valence-electron chi connectivity index (χ1n) is 3.86. The molecule has 0 amide bonds. The van der Waals surface area contributed by atoms with Gasteiger partial charge in [0.25, 0.3) is 0 Å². The highest BCUT2D eigenvalue weighted by molar-refractivity contribution is 6.31. The molecule has 12 heavy (non-hydrogen) atoms. The van der Waals surface area contributed by atoms with Gasteiger partial charge in [-0.05, 0) is 32.1 Å². The smallest absolute Gasteiger partial charge is 0.120 e. The molecule has 0 bridgehead atoms. The van der Waals surface area contributed by atoms with Crippen LogP contribution in [0.25, 0.3) is 0 Å². The van der Waals surface area contributed by atoms with E-state index in [0.29, 0.717) is 5.02 Å². The van der Waals surface area contributed by atoms with Crippen LogP contribution in [0.3, 0.4) is 0 Å². The van der Waals surface area contributed by atoms with E-state index < -0.39 is 0 Å². The second-order valence-electron chi connectivity index (χ2n) is 2.59. The first kappa shape index (κ1) is 9.36. The van der Waals surface area contributed by atoms with Crippen molar-refractivity contribution in [3.05, 3.63) is 28.8 Å². The second-order valence-corrected chi connectivity index (χ2v) is 3.00. The molecule has 0 unspecified atom stereocenters. The fourth-order valence-corrected chi connectivity index (χ4v) is 1.31. The molecule has 0 heterocycles. The first-order chi connectivity index (χ1) is 5.75. The molecule has 0 saturated carbocycles. The van der Waals surface area contributed by atoms with Crippen molar-refractivity contribution in [1.82, 2.24) is 5.32 Å². The van der Waals surface area contributed by atoms with E-state index in [1.54, 1.807) is 18.2 Å². The summed E-state index contributed by atoms with van der Waals surface area (Å²) in [6.07, 6.45) is 0.752. The summed E-state index contributed by atoms with van der Waals surface area (Å²) in [5.41, 5.74) is 0.813. The molecule has 0 aliphatic carbocycles. The van der Waals surface area contributed by atoms with E-state index in [-0.39, 0.29) is 5.75 Å². The van der Waals surface area contributed by atoms with Gasteiger partial charge in [0.05, 0.1) is 0 Å². The van der Waals surface area contributed by atoms with Gasteiger partial charge in [0, 0.05) is 10.6 Å². The lowest BCUT2D eigenvalue weighted by molar-refractivity contribution is 0.467. The van der Waals surface area contributed by atoms with Crippen molar-refractivity contribution in [2.24, 2.45) is 0 Å². The summed E-state index contributed by atoms with van der Waals surface area (Å²) in [6.45, 7) is 0.817. The predicted octanol–water partition coefficient (Wildman–Crippen LogP) is 1.81. The molecule has 0 saturated heterocycles. The molecule has 0 fully saturated rings. The quantitative estimate of drug-likeness (QED) is 0.753. The lowest BCUT2D eigenvalue weighted by Crippen LogP contribution is -2.10. The number of nitrogens with one attached hydrogen (secondary N) is 1. The maximum atomic E-state index is 9.41. The zero-order valence-corrected chi connectivity index (χ0v) is 7.73. The molecule has 66 valence electrons. The Bertz CT molecular complexity index is 242. The predicted molar refractivity (Wildman–Crippen MR) is 50.7 cm³/mol. The van der Waals surface area contributed by atoms with Crippen LogP contribution in [0.1, 0.15) is 5.56 Å². The van der Waals surface area contributed by atoms with Crippen molar-refractivity contribution in [1.29, 1.82) is 0 Å². The van der Waals surface area contributed by atoms with Crippen LogP contribution in [-0.4, -0.2) is 18.7 Å². The van der Waals surface area contributed by atoms with Gasteiger partial charge < -0.3 is 10.4 Å². The minimum absolute atomic E-state index is 0.276. The number of benzene rings is 1. The van der Waals surface area contributed by atoms with Crippen molar-refractivity contribution in [3.63, 3.8) is 0 Å². The lowest BCUT2D eigenvalue weighted by atomic mass is 10.1. The van der Waals surface area contributed by atoms with E-state index in [2.05, 4.69) is 5.32 Å². The Balaban J connectivity index is 2.81. The highest BCUT2D eigenvalue weighted by atomic mass is 35.5. The number of phenolic OH excluding ortho intramolecular Hbond substituents is 1. The van der Waals surface area contributed by atoms with Gasteiger partial charge in [-0.2, -0.15) is 0 Å². The molecule has 2 nitrogen and oxygen atoms in total. The molecule has 2 N–H and O–H groups in total. The molecule has 0 aromatic heterocycles. The van der Waals surface area contributed by atoms with Crippen LogP contribution in [0.15, 0.2) is 18.2 Å². The van der Waals surface area contributed by atoms with Crippen LogP contribution in [0.5, 0.6) is 5.75 Å². The number of hydrogen-bond acceptors (Lipinski definition) is 2. The third kappa shape index (κ3) is 2.13. The van der Waals surface area contributed by atoms with E-state index in [4.69, 9.17) is 11.6 Å².